The van der Waals surface area contributed by atoms with E-state index < -0.39 is 11.2 Å². The van der Waals surface area contributed by atoms with Gasteiger partial charge in [0.15, 0.2) is 0 Å². The largest absolute Gasteiger partial charge is 0.328 e. The molecule has 0 saturated heterocycles. The van der Waals surface area contributed by atoms with Crippen LogP contribution in [-0.4, -0.2) is 19.3 Å². The molecule has 0 aliphatic rings. The molecule has 0 amide bonds. The van der Waals surface area contributed by atoms with Crippen LogP contribution in [-0.2, 0) is 19.5 Å². The molecule has 0 bridgehead atoms. The summed E-state index contributed by atoms with van der Waals surface area (Å²) >= 11 is 9.41. The van der Waals surface area contributed by atoms with Gasteiger partial charge in [-0.25, -0.2) is 4.79 Å². The fraction of sp³-hybridized carbons (Fsp3) is 0.417. The van der Waals surface area contributed by atoms with E-state index in [0.29, 0.717) is 16.0 Å². The number of rotatable bonds is 4. The third-order valence-corrected chi connectivity index (χ3v) is 3.98. The summed E-state index contributed by atoms with van der Waals surface area (Å²) in [6.45, 7) is 4.85. The summed E-state index contributed by atoms with van der Waals surface area (Å²) in [5.41, 5.74) is 0.638. The predicted octanol–water partition coefficient (Wildman–Crippen LogP) is 1.78. The Hall–Kier alpha value is -1.34. The smallest absolute Gasteiger partial charge is 0.293 e. The van der Waals surface area contributed by atoms with E-state index in [2.05, 4.69) is 26.0 Å². The molecule has 20 heavy (non-hydrogen) atoms. The van der Waals surface area contributed by atoms with Crippen molar-refractivity contribution in [2.45, 2.75) is 33.4 Å². The summed E-state index contributed by atoms with van der Waals surface area (Å²) in [7, 11) is 0. The number of nitrogens with zero attached hydrogens (tertiary/aromatic N) is 3. The maximum absolute atomic E-state index is 11.8. The highest BCUT2D eigenvalue weighted by atomic mass is 79.9. The first-order chi connectivity index (χ1) is 9.47. The summed E-state index contributed by atoms with van der Waals surface area (Å²) in [5.74, 6) is 0. The highest BCUT2D eigenvalue weighted by Gasteiger charge is 2.15. The van der Waals surface area contributed by atoms with E-state index in [9.17, 15) is 9.59 Å². The van der Waals surface area contributed by atoms with Gasteiger partial charge in [-0.05, 0) is 29.3 Å². The SMILES string of the molecule is CCc1nn(CC)c(Cn2cc(Br)c(=O)[nH]c2=O)c1Cl. The molecule has 2 rings (SSSR count). The standard InChI is InChI=1S/C12H14BrClN4O2/c1-3-8-10(14)9(18(4-2)16-8)6-17-5-7(13)11(19)15-12(17)20/h5H,3-4,6H2,1-2H3,(H,15,19,20). The number of H-pyrrole nitrogens is 1. The summed E-state index contributed by atoms with van der Waals surface area (Å²) in [6, 6.07) is 0. The Morgan fingerprint density at radius 3 is 2.70 bits per heavy atom. The number of nitrogens with one attached hydrogen (secondary N) is 1. The molecule has 0 aromatic carbocycles. The first-order valence-electron chi connectivity index (χ1n) is 6.21. The molecule has 0 fully saturated rings. The third kappa shape index (κ3) is 2.73. The zero-order valence-corrected chi connectivity index (χ0v) is 13.5. The number of hydrogen-bond acceptors (Lipinski definition) is 3. The fourth-order valence-electron chi connectivity index (χ4n) is 1.93. The number of hydrogen-bond donors (Lipinski definition) is 1. The highest BCUT2D eigenvalue weighted by Crippen LogP contribution is 2.22. The maximum atomic E-state index is 11.8. The van der Waals surface area contributed by atoms with Crippen molar-refractivity contribution in [2.24, 2.45) is 0 Å². The predicted molar refractivity (Wildman–Crippen MR) is 80.4 cm³/mol. The quantitative estimate of drug-likeness (QED) is 0.902. The van der Waals surface area contributed by atoms with Gasteiger partial charge >= 0.3 is 5.69 Å². The Morgan fingerprint density at radius 2 is 2.10 bits per heavy atom. The van der Waals surface area contributed by atoms with Crippen molar-refractivity contribution < 1.29 is 0 Å². The van der Waals surface area contributed by atoms with E-state index in [1.807, 2.05) is 13.8 Å². The van der Waals surface area contributed by atoms with Crippen molar-refractivity contribution in [3.05, 3.63) is 47.9 Å². The van der Waals surface area contributed by atoms with E-state index in [0.717, 1.165) is 17.8 Å². The van der Waals surface area contributed by atoms with Crippen LogP contribution in [0.3, 0.4) is 0 Å². The summed E-state index contributed by atoms with van der Waals surface area (Å²) < 4.78 is 3.46. The van der Waals surface area contributed by atoms with Crippen LogP contribution in [0, 0.1) is 0 Å². The molecule has 1 N–H and O–H groups in total. The van der Waals surface area contributed by atoms with E-state index in [4.69, 9.17) is 11.6 Å². The minimum atomic E-state index is -0.476. The Labute approximate surface area is 128 Å². The van der Waals surface area contributed by atoms with Crippen LogP contribution < -0.4 is 11.2 Å². The molecule has 108 valence electrons. The topological polar surface area (TPSA) is 72.7 Å². The van der Waals surface area contributed by atoms with Crippen LogP contribution in [0.4, 0.5) is 0 Å². The van der Waals surface area contributed by atoms with Crippen molar-refractivity contribution in [1.82, 2.24) is 19.3 Å². The normalized spacial score (nSPS) is 11.0. The zero-order chi connectivity index (χ0) is 14.9. The van der Waals surface area contributed by atoms with Gasteiger partial charge in [0.1, 0.15) is 0 Å². The third-order valence-electron chi connectivity index (χ3n) is 2.98. The molecule has 6 nitrogen and oxygen atoms in total. The van der Waals surface area contributed by atoms with Gasteiger partial charge in [0.2, 0.25) is 0 Å². The van der Waals surface area contributed by atoms with Crippen molar-refractivity contribution in [3.8, 4) is 0 Å². The minimum absolute atomic E-state index is 0.258. The van der Waals surface area contributed by atoms with Crippen LogP contribution in [0.5, 0.6) is 0 Å². The van der Waals surface area contributed by atoms with Gasteiger partial charge in [-0.2, -0.15) is 5.10 Å². The Bertz CT molecular complexity index is 747. The summed E-state index contributed by atoms with van der Waals surface area (Å²) in [6.07, 6.45) is 2.18. The van der Waals surface area contributed by atoms with Gasteiger partial charge in [0, 0.05) is 12.7 Å². The number of aryl methyl sites for hydroxylation is 2. The van der Waals surface area contributed by atoms with Crippen LogP contribution in [0.25, 0.3) is 0 Å². The Morgan fingerprint density at radius 1 is 1.40 bits per heavy atom. The number of aromatic amines is 1. The molecule has 0 radical (unpaired) electrons. The molecular weight excluding hydrogens is 348 g/mol. The lowest BCUT2D eigenvalue weighted by Crippen LogP contribution is -2.30. The van der Waals surface area contributed by atoms with E-state index in [1.165, 1.54) is 10.8 Å². The molecule has 0 spiro atoms. The van der Waals surface area contributed by atoms with Crippen LogP contribution >= 0.6 is 27.5 Å². The molecule has 0 unspecified atom stereocenters. The Balaban J connectivity index is 2.50. The van der Waals surface area contributed by atoms with Crippen molar-refractivity contribution in [1.29, 1.82) is 0 Å². The molecule has 0 aliphatic carbocycles. The minimum Gasteiger partial charge on any atom is -0.293 e. The molecule has 8 heteroatoms. The van der Waals surface area contributed by atoms with E-state index in [-0.39, 0.29) is 6.54 Å². The molecule has 0 saturated carbocycles. The second-order valence-corrected chi connectivity index (χ2v) is 5.47. The molecule has 2 aromatic rings. The van der Waals surface area contributed by atoms with Gasteiger partial charge in [-0.15, -0.1) is 0 Å². The monoisotopic (exact) mass is 360 g/mol. The fourth-order valence-corrected chi connectivity index (χ4v) is 2.60. The van der Waals surface area contributed by atoms with Crippen LogP contribution in [0.2, 0.25) is 5.02 Å². The summed E-state index contributed by atoms with van der Waals surface area (Å²) in [5, 5.41) is 4.97. The molecular formula is C12H14BrClN4O2. The van der Waals surface area contributed by atoms with E-state index >= 15 is 0 Å². The van der Waals surface area contributed by atoms with Crippen molar-refractivity contribution in [2.75, 3.05) is 0 Å². The first kappa shape index (κ1) is 15.1. The number of aromatic nitrogens is 4. The second kappa shape index (κ2) is 5.97. The number of halogens is 2. The van der Waals surface area contributed by atoms with Gasteiger partial charge in [0.05, 0.1) is 27.4 Å². The Kier molecular flexibility index (Phi) is 4.49. The molecule has 0 aliphatic heterocycles. The average Bonchev–Trinajstić information content (AvgIpc) is 2.72. The molecule has 2 aromatic heterocycles. The van der Waals surface area contributed by atoms with Gasteiger partial charge in [0.25, 0.3) is 5.56 Å². The van der Waals surface area contributed by atoms with Crippen molar-refractivity contribution >= 4 is 27.5 Å². The van der Waals surface area contributed by atoms with Gasteiger partial charge in [-0.1, -0.05) is 18.5 Å². The maximum Gasteiger partial charge on any atom is 0.328 e. The van der Waals surface area contributed by atoms with E-state index in [1.54, 1.807) is 4.68 Å². The first-order valence-corrected chi connectivity index (χ1v) is 7.38. The second-order valence-electron chi connectivity index (χ2n) is 4.24. The van der Waals surface area contributed by atoms with Gasteiger partial charge < -0.3 is 0 Å². The van der Waals surface area contributed by atoms with Crippen molar-refractivity contribution in [3.63, 3.8) is 0 Å². The lowest BCUT2D eigenvalue weighted by Gasteiger charge is -2.08. The summed E-state index contributed by atoms with van der Waals surface area (Å²) in [4.78, 5) is 25.4. The highest BCUT2D eigenvalue weighted by molar-refractivity contribution is 9.10. The van der Waals surface area contributed by atoms with Crippen LogP contribution in [0.15, 0.2) is 20.3 Å². The molecule has 0 atom stereocenters. The molecule has 2 heterocycles. The van der Waals surface area contributed by atoms with Gasteiger partial charge in [-0.3, -0.25) is 19.0 Å². The zero-order valence-electron chi connectivity index (χ0n) is 11.1. The lowest BCUT2D eigenvalue weighted by atomic mass is 10.3. The lowest BCUT2D eigenvalue weighted by molar-refractivity contribution is 0.583. The van der Waals surface area contributed by atoms with Crippen LogP contribution in [0.1, 0.15) is 25.2 Å². The average molecular weight is 362 g/mol.